The fourth-order valence-corrected chi connectivity index (χ4v) is 1.91. The molecule has 0 unspecified atom stereocenters. The Morgan fingerprint density at radius 2 is 2.07 bits per heavy atom. The Kier molecular flexibility index (Phi) is 4.01. The quantitative estimate of drug-likeness (QED) is 0.398. The summed E-state index contributed by atoms with van der Waals surface area (Å²) >= 11 is 0. The minimum absolute atomic E-state index is 0.321. The Morgan fingerprint density at radius 3 is 2.40 bits per heavy atom. The molecule has 0 aromatic carbocycles. The van der Waals surface area contributed by atoms with Crippen molar-refractivity contribution in [2.45, 2.75) is 19.4 Å². The van der Waals surface area contributed by atoms with E-state index in [1.807, 2.05) is 0 Å². The van der Waals surface area contributed by atoms with Crippen LogP contribution in [0.1, 0.15) is 13.8 Å². The highest BCUT2D eigenvalue weighted by Gasteiger charge is 2.27. The van der Waals surface area contributed by atoms with Gasteiger partial charge in [0.05, 0.1) is 11.3 Å². The minimum atomic E-state index is -4.19. The molecular formula is C8H12N2O4S. The van der Waals surface area contributed by atoms with Gasteiger partial charge in [-0.1, -0.05) is 6.58 Å². The second-order valence-electron chi connectivity index (χ2n) is 3.65. The molecule has 0 saturated heterocycles. The van der Waals surface area contributed by atoms with E-state index < -0.39 is 27.3 Å². The third-order valence-electron chi connectivity index (χ3n) is 1.40. The monoisotopic (exact) mass is 232 g/mol. The molecule has 1 amide bonds. The maximum absolute atomic E-state index is 11.2. The van der Waals surface area contributed by atoms with Gasteiger partial charge in [-0.25, -0.2) is 0 Å². The predicted molar refractivity (Wildman–Crippen MR) is 53.4 cm³/mol. The summed E-state index contributed by atoms with van der Waals surface area (Å²) in [6, 6.07) is 1.53. The molecule has 0 radical (unpaired) electrons. The number of nitriles is 1. The minimum Gasteiger partial charge on any atom is -0.345 e. The molecule has 0 aliphatic heterocycles. The molecule has 0 rings (SSSR count). The van der Waals surface area contributed by atoms with Crippen LogP contribution in [0.3, 0.4) is 0 Å². The lowest BCUT2D eigenvalue weighted by Gasteiger charge is -2.24. The van der Waals surface area contributed by atoms with Crippen molar-refractivity contribution in [3.63, 3.8) is 0 Å². The SMILES string of the molecule is C=C(C#N)C(=O)NC(C)(C)CS(=O)(=O)O. The summed E-state index contributed by atoms with van der Waals surface area (Å²) in [5, 5.41) is 10.6. The number of carbonyl (C=O) groups is 1. The standard InChI is InChI=1S/C8H12N2O4S/c1-6(4-9)7(11)10-8(2,3)5-15(12,13)14/h1,5H2,2-3H3,(H,10,11)(H,12,13,14). The Balaban J connectivity index is 4.61. The van der Waals surface area contributed by atoms with Gasteiger partial charge in [0.15, 0.2) is 0 Å². The van der Waals surface area contributed by atoms with E-state index in [1.54, 1.807) is 0 Å². The van der Waals surface area contributed by atoms with Crippen LogP contribution in [0, 0.1) is 11.3 Å². The lowest BCUT2D eigenvalue weighted by atomic mass is 10.1. The van der Waals surface area contributed by atoms with Crippen molar-refractivity contribution in [3.8, 4) is 6.07 Å². The van der Waals surface area contributed by atoms with E-state index >= 15 is 0 Å². The molecule has 15 heavy (non-hydrogen) atoms. The Labute approximate surface area is 88.3 Å². The number of hydrogen-bond donors (Lipinski definition) is 2. The molecule has 0 atom stereocenters. The van der Waals surface area contributed by atoms with Gasteiger partial charge in [-0.05, 0) is 13.8 Å². The van der Waals surface area contributed by atoms with Crippen LogP contribution in [-0.2, 0) is 14.9 Å². The van der Waals surface area contributed by atoms with E-state index in [0.29, 0.717) is 0 Å². The summed E-state index contributed by atoms with van der Waals surface area (Å²) in [4.78, 5) is 11.2. The largest absolute Gasteiger partial charge is 0.345 e. The normalized spacial score (nSPS) is 11.6. The van der Waals surface area contributed by atoms with E-state index in [9.17, 15) is 13.2 Å². The molecule has 2 N–H and O–H groups in total. The molecule has 7 heteroatoms. The van der Waals surface area contributed by atoms with Gasteiger partial charge in [0.25, 0.3) is 16.0 Å². The number of carbonyl (C=O) groups excluding carboxylic acids is 1. The Bertz CT molecular complexity index is 416. The average molecular weight is 232 g/mol. The molecule has 0 saturated carbocycles. The zero-order valence-electron chi connectivity index (χ0n) is 8.44. The van der Waals surface area contributed by atoms with Crippen LogP contribution < -0.4 is 5.32 Å². The lowest BCUT2D eigenvalue weighted by Crippen LogP contribution is -2.48. The number of nitrogens with zero attached hydrogens (tertiary/aromatic N) is 1. The maximum Gasteiger partial charge on any atom is 0.267 e. The highest BCUT2D eigenvalue weighted by Crippen LogP contribution is 2.06. The summed E-state index contributed by atoms with van der Waals surface area (Å²) in [5.74, 6) is -1.39. The Hall–Kier alpha value is -1.39. The van der Waals surface area contributed by atoms with E-state index in [4.69, 9.17) is 9.81 Å². The van der Waals surface area contributed by atoms with Gasteiger partial charge in [0.2, 0.25) is 0 Å². The second kappa shape index (κ2) is 4.42. The first-order chi connectivity index (χ1) is 6.57. The van der Waals surface area contributed by atoms with Crippen LogP contribution in [0.5, 0.6) is 0 Å². The smallest absolute Gasteiger partial charge is 0.267 e. The summed E-state index contributed by atoms with van der Waals surface area (Å²) < 4.78 is 29.8. The highest BCUT2D eigenvalue weighted by atomic mass is 32.2. The van der Waals surface area contributed by atoms with Crippen LogP contribution in [0.25, 0.3) is 0 Å². The molecule has 0 bridgehead atoms. The number of nitrogens with one attached hydrogen (secondary N) is 1. The maximum atomic E-state index is 11.2. The van der Waals surface area contributed by atoms with Crippen molar-refractivity contribution in [3.05, 3.63) is 12.2 Å². The fourth-order valence-electron chi connectivity index (χ4n) is 0.926. The first-order valence-electron chi connectivity index (χ1n) is 3.94. The van der Waals surface area contributed by atoms with Crippen molar-refractivity contribution in [2.24, 2.45) is 0 Å². The molecule has 0 aliphatic rings. The van der Waals surface area contributed by atoms with Gasteiger partial charge in [0, 0.05) is 0 Å². The first-order valence-corrected chi connectivity index (χ1v) is 5.55. The van der Waals surface area contributed by atoms with Crippen molar-refractivity contribution in [1.82, 2.24) is 5.32 Å². The van der Waals surface area contributed by atoms with Crippen LogP contribution in [0.15, 0.2) is 12.2 Å². The number of rotatable bonds is 4. The van der Waals surface area contributed by atoms with Crippen molar-refractivity contribution in [1.29, 1.82) is 5.26 Å². The molecule has 0 aromatic heterocycles. The van der Waals surface area contributed by atoms with Crippen LogP contribution >= 0.6 is 0 Å². The van der Waals surface area contributed by atoms with E-state index in [2.05, 4.69) is 11.9 Å². The van der Waals surface area contributed by atoms with Crippen LogP contribution in [0.2, 0.25) is 0 Å². The first kappa shape index (κ1) is 13.6. The van der Waals surface area contributed by atoms with Crippen LogP contribution in [0.4, 0.5) is 0 Å². The highest BCUT2D eigenvalue weighted by molar-refractivity contribution is 7.85. The summed E-state index contributed by atoms with van der Waals surface area (Å²) in [6.45, 7) is 5.98. The van der Waals surface area contributed by atoms with E-state index in [1.165, 1.54) is 19.9 Å². The third-order valence-corrected chi connectivity index (χ3v) is 2.49. The molecule has 0 fully saturated rings. The topological polar surface area (TPSA) is 107 Å². The zero-order valence-corrected chi connectivity index (χ0v) is 9.26. The third kappa shape index (κ3) is 5.83. The van der Waals surface area contributed by atoms with Crippen molar-refractivity contribution >= 4 is 16.0 Å². The number of hydrogen-bond acceptors (Lipinski definition) is 4. The van der Waals surface area contributed by atoms with Gasteiger partial charge in [-0.2, -0.15) is 13.7 Å². The van der Waals surface area contributed by atoms with Gasteiger partial charge in [0.1, 0.15) is 11.6 Å². The summed E-state index contributed by atoms with van der Waals surface area (Å²) in [6.07, 6.45) is 0. The van der Waals surface area contributed by atoms with Gasteiger partial charge in [-0.3, -0.25) is 9.35 Å². The summed E-state index contributed by atoms with van der Waals surface area (Å²) in [5.41, 5.74) is -1.48. The lowest BCUT2D eigenvalue weighted by molar-refractivity contribution is -0.118. The van der Waals surface area contributed by atoms with Gasteiger partial charge in [-0.15, -0.1) is 0 Å². The molecular weight excluding hydrogens is 220 g/mol. The van der Waals surface area contributed by atoms with E-state index in [-0.39, 0.29) is 5.57 Å². The molecule has 0 aliphatic carbocycles. The molecule has 0 spiro atoms. The fraction of sp³-hybridized carbons (Fsp3) is 0.500. The van der Waals surface area contributed by atoms with E-state index in [0.717, 1.165) is 0 Å². The van der Waals surface area contributed by atoms with Gasteiger partial charge >= 0.3 is 0 Å². The molecule has 0 heterocycles. The Morgan fingerprint density at radius 1 is 1.60 bits per heavy atom. The van der Waals surface area contributed by atoms with Crippen molar-refractivity contribution < 1.29 is 17.8 Å². The van der Waals surface area contributed by atoms with Crippen LogP contribution in [-0.4, -0.2) is 30.2 Å². The second-order valence-corrected chi connectivity index (χ2v) is 5.11. The van der Waals surface area contributed by atoms with Gasteiger partial charge < -0.3 is 5.32 Å². The molecule has 0 aromatic rings. The summed E-state index contributed by atoms with van der Waals surface area (Å²) in [7, 11) is -4.19. The molecule has 84 valence electrons. The zero-order chi connectivity index (χ0) is 12.3. The van der Waals surface area contributed by atoms with Crippen molar-refractivity contribution in [2.75, 3.05) is 5.75 Å². The predicted octanol–water partition coefficient (Wildman–Crippen LogP) is -0.151. The molecule has 6 nitrogen and oxygen atoms in total. The average Bonchev–Trinajstić information content (AvgIpc) is 1.96. The number of amides is 1.